The standard InChI is InChI=1S/C7H12N2O3/c1-4-5(10)8(2)7(12)9(3)6(4)11/h5,10-11H,1-3H3/p-1. The van der Waals surface area contributed by atoms with Gasteiger partial charge in [0.1, 0.15) is 0 Å². The van der Waals surface area contributed by atoms with E-state index in [1.54, 1.807) is 0 Å². The Morgan fingerprint density at radius 3 is 2.50 bits per heavy atom. The monoisotopic (exact) mass is 171 g/mol. The maximum atomic E-state index is 11.2. The number of likely N-dealkylation sites (N-methyl/N-ethyl adjacent to an activating group) is 1. The van der Waals surface area contributed by atoms with Gasteiger partial charge < -0.3 is 15.1 Å². The summed E-state index contributed by atoms with van der Waals surface area (Å²) in [4.78, 5) is 13.2. The zero-order valence-electron chi connectivity index (χ0n) is 7.24. The molecule has 0 saturated heterocycles. The fourth-order valence-corrected chi connectivity index (χ4v) is 1.09. The lowest BCUT2D eigenvalue weighted by Crippen LogP contribution is -2.52. The highest BCUT2D eigenvalue weighted by Crippen LogP contribution is 2.18. The number of carbonyl (C=O) groups excluding carboxylic acids is 1. The second-order valence-electron chi connectivity index (χ2n) is 2.81. The van der Waals surface area contributed by atoms with Crippen molar-refractivity contribution >= 4 is 6.03 Å². The van der Waals surface area contributed by atoms with E-state index in [-0.39, 0.29) is 5.57 Å². The van der Waals surface area contributed by atoms with Gasteiger partial charge in [0, 0.05) is 14.1 Å². The van der Waals surface area contributed by atoms with Crippen molar-refractivity contribution in [3.05, 3.63) is 11.5 Å². The van der Waals surface area contributed by atoms with E-state index < -0.39 is 18.1 Å². The topological polar surface area (TPSA) is 66.8 Å². The summed E-state index contributed by atoms with van der Waals surface area (Å²) < 4.78 is 0. The molecule has 5 nitrogen and oxygen atoms in total. The third kappa shape index (κ3) is 1.02. The largest absolute Gasteiger partial charge is 0.860 e. The molecule has 0 fully saturated rings. The summed E-state index contributed by atoms with van der Waals surface area (Å²) in [5.41, 5.74) is 0.264. The van der Waals surface area contributed by atoms with E-state index in [1.807, 2.05) is 0 Å². The maximum Gasteiger partial charge on any atom is 0.325 e. The SMILES string of the molecule is CC1=C([O-])N(C)C(=O)N(C)C1O. The van der Waals surface area contributed by atoms with E-state index in [9.17, 15) is 15.0 Å². The highest BCUT2D eigenvalue weighted by atomic mass is 16.3. The molecule has 1 aliphatic rings. The molecule has 1 N–H and O–H groups in total. The van der Waals surface area contributed by atoms with Gasteiger partial charge in [0.25, 0.3) is 0 Å². The Bertz CT molecular complexity index is 249. The van der Waals surface area contributed by atoms with Crippen molar-refractivity contribution in [2.45, 2.75) is 13.2 Å². The quantitative estimate of drug-likeness (QED) is 0.502. The molecule has 0 aliphatic carbocycles. The van der Waals surface area contributed by atoms with Crippen LogP contribution >= 0.6 is 0 Å². The molecule has 12 heavy (non-hydrogen) atoms. The van der Waals surface area contributed by atoms with Crippen LogP contribution in [0.4, 0.5) is 4.79 Å². The Balaban J connectivity index is 3.08. The van der Waals surface area contributed by atoms with Gasteiger partial charge in [-0.1, -0.05) is 0 Å². The van der Waals surface area contributed by atoms with Crippen molar-refractivity contribution in [1.82, 2.24) is 9.80 Å². The molecule has 0 radical (unpaired) electrons. The van der Waals surface area contributed by atoms with E-state index in [0.29, 0.717) is 0 Å². The number of nitrogens with zero attached hydrogens (tertiary/aromatic N) is 2. The Morgan fingerprint density at radius 2 is 2.00 bits per heavy atom. The van der Waals surface area contributed by atoms with Crippen LogP contribution in [0.25, 0.3) is 0 Å². The molecular formula is C7H11N2O3-. The fraction of sp³-hybridized carbons (Fsp3) is 0.571. The fourth-order valence-electron chi connectivity index (χ4n) is 1.09. The summed E-state index contributed by atoms with van der Waals surface area (Å²) in [6, 6.07) is -0.488. The van der Waals surface area contributed by atoms with E-state index in [1.165, 1.54) is 21.0 Å². The first kappa shape index (κ1) is 8.86. The van der Waals surface area contributed by atoms with Crippen LogP contribution in [0.2, 0.25) is 0 Å². The van der Waals surface area contributed by atoms with Crippen LogP contribution in [-0.4, -0.2) is 41.3 Å². The smallest absolute Gasteiger partial charge is 0.325 e. The molecule has 1 atom stereocenters. The number of rotatable bonds is 0. The van der Waals surface area contributed by atoms with Crippen LogP contribution in [0, 0.1) is 0 Å². The summed E-state index contributed by atoms with van der Waals surface area (Å²) in [7, 11) is 2.83. The Morgan fingerprint density at radius 1 is 1.50 bits per heavy atom. The first-order chi connectivity index (χ1) is 5.46. The summed E-state index contributed by atoms with van der Waals surface area (Å²) in [6.07, 6.45) is -1.08. The van der Waals surface area contributed by atoms with Gasteiger partial charge in [-0.05, 0) is 18.4 Å². The molecule has 1 unspecified atom stereocenters. The maximum absolute atomic E-state index is 11.2. The highest BCUT2D eigenvalue weighted by molar-refractivity contribution is 5.77. The minimum atomic E-state index is -1.08. The van der Waals surface area contributed by atoms with Crippen molar-refractivity contribution in [3.63, 3.8) is 0 Å². The highest BCUT2D eigenvalue weighted by Gasteiger charge is 2.27. The van der Waals surface area contributed by atoms with E-state index in [2.05, 4.69) is 0 Å². The van der Waals surface area contributed by atoms with Crippen LogP contribution in [0.1, 0.15) is 6.92 Å². The number of carbonyl (C=O) groups is 1. The predicted molar refractivity (Wildman–Crippen MR) is 39.6 cm³/mol. The number of urea groups is 1. The molecule has 1 heterocycles. The van der Waals surface area contributed by atoms with Crippen molar-refractivity contribution in [1.29, 1.82) is 0 Å². The number of aliphatic hydroxyl groups excluding tert-OH is 1. The summed E-state index contributed by atoms with van der Waals surface area (Å²) in [5, 5.41) is 20.5. The van der Waals surface area contributed by atoms with E-state index in [4.69, 9.17) is 0 Å². The lowest BCUT2D eigenvalue weighted by atomic mass is 10.2. The Hall–Kier alpha value is -1.23. The van der Waals surface area contributed by atoms with Crippen LogP contribution in [0.3, 0.4) is 0 Å². The van der Waals surface area contributed by atoms with Crippen molar-refractivity contribution in [3.8, 4) is 0 Å². The molecule has 0 aromatic carbocycles. The molecule has 5 heteroatoms. The van der Waals surface area contributed by atoms with Gasteiger partial charge in [0.05, 0.1) is 0 Å². The second-order valence-corrected chi connectivity index (χ2v) is 2.81. The number of hydrogen-bond acceptors (Lipinski definition) is 3. The Kier molecular flexibility index (Phi) is 1.97. The first-order valence-corrected chi connectivity index (χ1v) is 3.53. The molecule has 68 valence electrons. The average molecular weight is 171 g/mol. The molecule has 0 aromatic rings. The van der Waals surface area contributed by atoms with Gasteiger partial charge in [-0.3, -0.25) is 4.90 Å². The summed E-state index contributed by atoms with van der Waals surface area (Å²) >= 11 is 0. The molecule has 2 amide bonds. The minimum absolute atomic E-state index is 0.264. The predicted octanol–water partition coefficient (Wildman–Crippen LogP) is -1.11. The molecule has 1 aliphatic heterocycles. The minimum Gasteiger partial charge on any atom is -0.860 e. The lowest BCUT2D eigenvalue weighted by molar-refractivity contribution is -0.331. The second kappa shape index (κ2) is 2.67. The summed E-state index contributed by atoms with van der Waals surface area (Å²) in [6.45, 7) is 1.51. The normalized spacial score (nSPS) is 25.3. The van der Waals surface area contributed by atoms with E-state index in [0.717, 1.165) is 9.80 Å². The molecular weight excluding hydrogens is 160 g/mol. The van der Waals surface area contributed by atoms with E-state index >= 15 is 0 Å². The summed E-state index contributed by atoms with van der Waals surface area (Å²) in [5.74, 6) is -0.425. The van der Waals surface area contributed by atoms with Gasteiger partial charge in [0.15, 0.2) is 6.23 Å². The average Bonchev–Trinajstić information content (AvgIpc) is 2.08. The molecule has 0 bridgehead atoms. The van der Waals surface area contributed by atoms with Gasteiger partial charge in [-0.2, -0.15) is 0 Å². The van der Waals surface area contributed by atoms with Gasteiger partial charge in [-0.15, -0.1) is 0 Å². The number of hydrogen-bond donors (Lipinski definition) is 1. The third-order valence-electron chi connectivity index (χ3n) is 1.98. The van der Waals surface area contributed by atoms with Crippen molar-refractivity contribution in [2.24, 2.45) is 0 Å². The third-order valence-corrected chi connectivity index (χ3v) is 1.98. The number of aliphatic hydroxyl groups is 1. The molecule has 1 rings (SSSR count). The molecule has 0 saturated carbocycles. The van der Waals surface area contributed by atoms with Gasteiger partial charge in [-0.25, -0.2) is 4.79 Å². The molecule has 0 aromatic heterocycles. The van der Waals surface area contributed by atoms with Gasteiger partial charge in [0.2, 0.25) is 0 Å². The number of amides is 2. The van der Waals surface area contributed by atoms with Crippen LogP contribution in [-0.2, 0) is 0 Å². The van der Waals surface area contributed by atoms with Crippen LogP contribution in [0.15, 0.2) is 11.5 Å². The lowest BCUT2D eigenvalue weighted by Gasteiger charge is -2.40. The van der Waals surface area contributed by atoms with Crippen LogP contribution in [0.5, 0.6) is 0 Å². The zero-order chi connectivity index (χ0) is 9.46. The molecule has 0 spiro atoms. The Labute approximate surface area is 70.5 Å². The van der Waals surface area contributed by atoms with Crippen molar-refractivity contribution < 1.29 is 15.0 Å². The van der Waals surface area contributed by atoms with Crippen molar-refractivity contribution in [2.75, 3.05) is 14.1 Å². The van der Waals surface area contributed by atoms with Gasteiger partial charge >= 0.3 is 6.03 Å². The first-order valence-electron chi connectivity index (χ1n) is 3.53. The van der Waals surface area contributed by atoms with Crippen LogP contribution < -0.4 is 5.11 Å². The zero-order valence-corrected chi connectivity index (χ0v) is 7.24.